The summed E-state index contributed by atoms with van der Waals surface area (Å²) in [6.07, 6.45) is 12.6. The van der Waals surface area contributed by atoms with Crippen LogP contribution in [-0.4, -0.2) is 24.8 Å². The van der Waals surface area contributed by atoms with Crippen LogP contribution in [0.25, 0.3) is 0 Å². The Morgan fingerprint density at radius 2 is 1.79 bits per heavy atom. The Bertz CT molecular complexity index is 343. The van der Waals surface area contributed by atoms with Gasteiger partial charge in [0.2, 0.25) is 0 Å². The third kappa shape index (κ3) is 5.59. The Kier molecular flexibility index (Phi) is 8.84. The molecule has 0 aromatic carbocycles. The molecule has 0 bridgehead atoms. The smallest absolute Gasteiger partial charge is 0.122 e. The molecule has 0 aromatic heterocycles. The lowest BCUT2D eigenvalue weighted by atomic mass is 9.72. The summed E-state index contributed by atoms with van der Waals surface area (Å²) in [4.78, 5) is 0. The van der Waals surface area contributed by atoms with Gasteiger partial charge in [0.05, 0.1) is 11.5 Å². The Morgan fingerprint density at radius 3 is 2.42 bits per heavy atom. The molecule has 0 saturated heterocycles. The first-order valence-corrected chi connectivity index (χ1v) is 10.8. The third-order valence-corrected chi connectivity index (χ3v) is 7.29. The second-order valence-corrected chi connectivity index (χ2v) is 9.00. The van der Waals surface area contributed by atoms with Gasteiger partial charge in [-0.3, -0.25) is 0 Å². The molecular weight excluding hydrogens is 323 g/mol. The van der Waals surface area contributed by atoms with E-state index in [0.717, 1.165) is 37.0 Å². The molecule has 0 heterocycles. The van der Waals surface area contributed by atoms with Crippen LogP contribution in [0.4, 0.5) is 4.39 Å². The van der Waals surface area contributed by atoms with Crippen molar-refractivity contribution in [1.29, 1.82) is 0 Å². The largest absolute Gasteiger partial charge is 0.380 e. The van der Waals surface area contributed by atoms with Crippen molar-refractivity contribution in [2.75, 3.05) is 7.11 Å². The molecule has 0 N–H and O–H groups in total. The van der Waals surface area contributed by atoms with Crippen LogP contribution >= 0.6 is 11.6 Å². The Labute approximate surface area is 154 Å². The summed E-state index contributed by atoms with van der Waals surface area (Å²) in [7, 11) is 1.65. The molecule has 1 nitrogen and oxygen atoms in total. The van der Waals surface area contributed by atoms with Crippen molar-refractivity contribution >= 4 is 11.6 Å². The highest BCUT2D eigenvalue weighted by Gasteiger charge is 2.38. The van der Waals surface area contributed by atoms with Crippen LogP contribution < -0.4 is 0 Å². The zero-order chi connectivity index (χ0) is 17.5. The average molecular weight is 361 g/mol. The standard InChI is InChI=1S/C21H38ClFO/c1-4-6-16(17-11-9-15(2)10-12-17)7-5-8-18-13-14-19(24-3)20(22)21(18)23/h15-21H,4-14H2,1-3H3. The van der Waals surface area contributed by atoms with Gasteiger partial charge in [0.1, 0.15) is 6.17 Å². The van der Waals surface area contributed by atoms with Crippen LogP contribution in [0.5, 0.6) is 0 Å². The predicted octanol–water partition coefficient (Wildman–Crippen LogP) is 6.77. The van der Waals surface area contributed by atoms with E-state index in [0.29, 0.717) is 0 Å². The molecule has 0 radical (unpaired) electrons. The first-order valence-electron chi connectivity index (χ1n) is 10.4. The van der Waals surface area contributed by atoms with Crippen LogP contribution in [0.2, 0.25) is 0 Å². The van der Waals surface area contributed by atoms with Crippen LogP contribution in [0.3, 0.4) is 0 Å². The van der Waals surface area contributed by atoms with Gasteiger partial charge in [-0.15, -0.1) is 11.6 Å². The van der Waals surface area contributed by atoms with Crippen LogP contribution in [0.1, 0.15) is 84.5 Å². The zero-order valence-electron chi connectivity index (χ0n) is 16.0. The summed E-state index contributed by atoms with van der Waals surface area (Å²) in [5.74, 6) is 2.86. The molecule has 2 saturated carbocycles. The minimum absolute atomic E-state index is 0.102. The second kappa shape index (κ2) is 10.4. The number of rotatable bonds is 8. The van der Waals surface area contributed by atoms with Gasteiger partial charge in [0.15, 0.2) is 0 Å². The maximum absolute atomic E-state index is 14.5. The van der Waals surface area contributed by atoms with Crippen molar-refractivity contribution in [3.63, 3.8) is 0 Å². The summed E-state index contributed by atoms with van der Waals surface area (Å²) in [5, 5.41) is -0.458. The normalized spacial score (nSPS) is 38.9. The summed E-state index contributed by atoms with van der Waals surface area (Å²) < 4.78 is 19.8. The van der Waals surface area contributed by atoms with Gasteiger partial charge < -0.3 is 4.74 Å². The minimum atomic E-state index is -0.898. The lowest BCUT2D eigenvalue weighted by Gasteiger charge is -2.36. The number of methoxy groups -OCH3 is 1. The molecule has 0 aliphatic heterocycles. The predicted molar refractivity (Wildman–Crippen MR) is 101 cm³/mol. The van der Waals surface area contributed by atoms with Gasteiger partial charge in [0, 0.05) is 7.11 Å². The SMILES string of the molecule is CCCC(CCCC1CCC(OC)C(Cl)C1F)C1CCC(C)CC1. The second-order valence-electron chi connectivity index (χ2n) is 8.50. The topological polar surface area (TPSA) is 9.23 Å². The molecule has 0 amide bonds. The fraction of sp³-hybridized carbons (Fsp3) is 1.00. The molecule has 24 heavy (non-hydrogen) atoms. The first kappa shape index (κ1) is 20.5. The van der Waals surface area contributed by atoms with Crippen molar-refractivity contribution in [3.8, 4) is 0 Å². The van der Waals surface area contributed by atoms with Crippen molar-refractivity contribution in [2.45, 2.75) is 102 Å². The number of ether oxygens (including phenoxy) is 1. The number of hydrogen-bond acceptors (Lipinski definition) is 1. The van der Waals surface area contributed by atoms with E-state index in [4.69, 9.17) is 16.3 Å². The van der Waals surface area contributed by atoms with E-state index >= 15 is 0 Å². The molecule has 2 aliphatic rings. The Hall–Kier alpha value is 0.180. The maximum atomic E-state index is 14.5. The van der Waals surface area contributed by atoms with Gasteiger partial charge in [-0.25, -0.2) is 4.39 Å². The molecular formula is C21H38ClFO. The minimum Gasteiger partial charge on any atom is -0.380 e. The van der Waals surface area contributed by atoms with E-state index in [1.807, 2.05) is 0 Å². The maximum Gasteiger partial charge on any atom is 0.122 e. The molecule has 2 fully saturated rings. The van der Waals surface area contributed by atoms with Crippen LogP contribution in [0, 0.1) is 23.7 Å². The summed E-state index contributed by atoms with van der Waals surface area (Å²) in [5.41, 5.74) is 0. The highest BCUT2D eigenvalue weighted by atomic mass is 35.5. The van der Waals surface area contributed by atoms with E-state index < -0.39 is 11.5 Å². The molecule has 142 valence electrons. The zero-order valence-corrected chi connectivity index (χ0v) is 16.7. The van der Waals surface area contributed by atoms with Crippen LogP contribution in [0.15, 0.2) is 0 Å². The van der Waals surface area contributed by atoms with Crippen molar-refractivity contribution in [3.05, 3.63) is 0 Å². The molecule has 2 rings (SSSR count). The molecule has 3 heteroatoms. The summed E-state index contributed by atoms with van der Waals surface area (Å²) in [6.45, 7) is 4.70. The lowest BCUT2D eigenvalue weighted by Crippen LogP contribution is -2.41. The quantitative estimate of drug-likeness (QED) is 0.434. The number of alkyl halides is 2. The lowest BCUT2D eigenvalue weighted by molar-refractivity contribution is 0.0169. The highest BCUT2D eigenvalue weighted by molar-refractivity contribution is 6.21. The fourth-order valence-electron chi connectivity index (χ4n) is 5.10. The molecule has 0 spiro atoms. The van der Waals surface area contributed by atoms with Gasteiger partial charge >= 0.3 is 0 Å². The van der Waals surface area contributed by atoms with E-state index in [9.17, 15) is 4.39 Å². The first-order chi connectivity index (χ1) is 11.6. The van der Waals surface area contributed by atoms with Crippen molar-refractivity contribution in [2.24, 2.45) is 23.7 Å². The third-order valence-electron chi connectivity index (χ3n) is 6.77. The molecule has 5 atom stereocenters. The molecule has 0 aromatic rings. The summed E-state index contributed by atoms with van der Waals surface area (Å²) in [6, 6.07) is 0. The van der Waals surface area contributed by atoms with Gasteiger partial charge in [-0.1, -0.05) is 52.4 Å². The Balaban J connectivity index is 1.76. The van der Waals surface area contributed by atoms with Crippen LogP contribution in [-0.2, 0) is 4.74 Å². The van der Waals surface area contributed by atoms with Gasteiger partial charge in [0.25, 0.3) is 0 Å². The van der Waals surface area contributed by atoms with Gasteiger partial charge in [-0.05, 0) is 55.8 Å². The summed E-state index contributed by atoms with van der Waals surface area (Å²) >= 11 is 6.25. The fourth-order valence-corrected chi connectivity index (χ4v) is 5.53. The number of halogens is 2. The van der Waals surface area contributed by atoms with E-state index in [1.54, 1.807) is 7.11 Å². The Morgan fingerprint density at radius 1 is 1.08 bits per heavy atom. The van der Waals surface area contributed by atoms with Gasteiger partial charge in [-0.2, -0.15) is 0 Å². The van der Waals surface area contributed by atoms with E-state index in [2.05, 4.69) is 13.8 Å². The van der Waals surface area contributed by atoms with Crippen molar-refractivity contribution in [1.82, 2.24) is 0 Å². The highest BCUT2D eigenvalue weighted by Crippen LogP contribution is 2.39. The monoisotopic (exact) mass is 360 g/mol. The van der Waals surface area contributed by atoms with E-state index in [-0.39, 0.29) is 12.0 Å². The molecule has 5 unspecified atom stereocenters. The van der Waals surface area contributed by atoms with Crippen molar-refractivity contribution < 1.29 is 9.13 Å². The average Bonchev–Trinajstić information content (AvgIpc) is 2.59. The van der Waals surface area contributed by atoms with E-state index in [1.165, 1.54) is 51.4 Å². The molecule has 2 aliphatic carbocycles. The number of hydrogen-bond donors (Lipinski definition) is 0.